The number of hydrogen-bond acceptors (Lipinski definition) is 5. The number of methoxy groups -OCH3 is 1. The van der Waals surface area contributed by atoms with Gasteiger partial charge in [-0.25, -0.2) is 0 Å². The minimum absolute atomic E-state index is 0.127. The van der Waals surface area contributed by atoms with Crippen LogP contribution in [0.1, 0.15) is 5.56 Å². The van der Waals surface area contributed by atoms with Gasteiger partial charge >= 0.3 is 5.97 Å². The first kappa shape index (κ1) is 17.0. The van der Waals surface area contributed by atoms with E-state index in [1.807, 2.05) is 25.1 Å². The van der Waals surface area contributed by atoms with Gasteiger partial charge in [0.15, 0.2) is 0 Å². The molecule has 110 valence electrons. The predicted octanol–water partition coefficient (Wildman–Crippen LogP) is 1.93. The second kappa shape index (κ2) is 8.28. The Morgan fingerprint density at radius 2 is 2.20 bits per heavy atom. The summed E-state index contributed by atoms with van der Waals surface area (Å²) in [6, 6.07) is 4.92. The number of carbonyl (C=O) groups is 2. The van der Waals surface area contributed by atoms with Crippen LogP contribution in [-0.4, -0.2) is 36.5 Å². The van der Waals surface area contributed by atoms with Gasteiger partial charge in [0, 0.05) is 15.9 Å². The number of halogens is 1. The van der Waals surface area contributed by atoms with Crippen molar-refractivity contribution in [1.82, 2.24) is 0 Å². The number of ether oxygens (including phenoxy) is 1. The number of anilines is 1. The molecule has 0 aliphatic carbocycles. The highest BCUT2D eigenvalue weighted by Gasteiger charge is 2.14. The number of nitrogens with one attached hydrogen (secondary N) is 1. The Hall–Kier alpha value is -1.05. The second-order valence-electron chi connectivity index (χ2n) is 4.15. The molecular weight excluding hydrogens is 344 g/mol. The number of esters is 1. The molecule has 7 heteroatoms. The lowest BCUT2D eigenvalue weighted by Crippen LogP contribution is -2.34. The molecule has 20 heavy (non-hydrogen) atoms. The third kappa shape index (κ3) is 5.52. The van der Waals surface area contributed by atoms with Crippen LogP contribution < -0.4 is 11.1 Å². The van der Waals surface area contributed by atoms with E-state index in [1.165, 1.54) is 18.9 Å². The Balaban J connectivity index is 2.39. The summed E-state index contributed by atoms with van der Waals surface area (Å²) in [6.07, 6.45) is 0. The number of rotatable bonds is 6. The molecule has 0 bridgehead atoms. The molecule has 1 amide bonds. The summed E-state index contributed by atoms with van der Waals surface area (Å²) >= 11 is 4.66. The molecule has 0 aliphatic rings. The van der Waals surface area contributed by atoms with Gasteiger partial charge in [0.2, 0.25) is 5.91 Å². The van der Waals surface area contributed by atoms with E-state index in [-0.39, 0.29) is 11.7 Å². The highest BCUT2D eigenvalue weighted by molar-refractivity contribution is 9.10. The number of nitrogens with two attached hydrogens (primary N) is 1. The quantitative estimate of drug-likeness (QED) is 0.757. The zero-order valence-corrected chi connectivity index (χ0v) is 13.7. The lowest BCUT2D eigenvalue weighted by atomic mass is 10.2. The number of hydrogen-bond donors (Lipinski definition) is 2. The van der Waals surface area contributed by atoms with E-state index in [9.17, 15) is 9.59 Å². The number of aryl methyl sites for hydroxylation is 1. The van der Waals surface area contributed by atoms with Crippen LogP contribution in [0.25, 0.3) is 0 Å². The van der Waals surface area contributed by atoms with Crippen molar-refractivity contribution in [3.05, 3.63) is 28.2 Å². The number of amides is 1. The van der Waals surface area contributed by atoms with Gasteiger partial charge in [-0.2, -0.15) is 0 Å². The van der Waals surface area contributed by atoms with Crippen molar-refractivity contribution in [3.8, 4) is 0 Å². The van der Waals surface area contributed by atoms with Crippen LogP contribution in [0.4, 0.5) is 5.69 Å². The molecule has 1 rings (SSSR count). The summed E-state index contributed by atoms with van der Waals surface area (Å²) in [7, 11) is 1.29. The van der Waals surface area contributed by atoms with Crippen molar-refractivity contribution in [1.29, 1.82) is 0 Å². The van der Waals surface area contributed by atoms with E-state index in [1.54, 1.807) is 0 Å². The Bertz CT molecular complexity index is 497. The molecule has 0 saturated heterocycles. The average molecular weight is 361 g/mol. The molecule has 1 aromatic carbocycles. The van der Waals surface area contributed by atoms with Gasteiger partial charge in [-0.3, -0.25) is 9.59 Å². The molecule has 1 atom stereocenters. The van der Waals surface area contributed by atoms with E-state index < -0.39 is 12.0 Å². The first-order valence-corrected chi connectivity index (χ1v) is 7.86. The van der Waals surface area contributed by atoms with E-state index in [0.29, 0.717) is 5.75 Å². The maximum Gasteiger partial charge on any atom is 0.323 e. The van der Waals surface area contributed by atoms with Crippen molar-refractivity contribution in [3.63, 3.8) is 0 Å². The Kier molecular flexibility index (Phi) is 7.04. The van der Waals surface area contributed by atoms with Crippen molar-refractivity contribution in [2.75, 3.05) is 23.9 Å². The molecule has 0 heterocycles. The smallest absolute Gasteiger partial charge is 0.323 e. The topological polar surface area (TPSA) is 81.4 Å². The zero-order valence-electron chi connectivity index (χ0n) is 11.3. The molecule has 0 fully saturated rings. The van der Waals surface area contributed by atoms with Gasteiger partial charge in [0.25, 0.3) is 0 Å². The summed E-state index contributed by atoms with van der Waals surface area (Å²) in [4.78, 5) is 22.9. The Morgan fingerprint density at radius 1 is 1.50 bits per heavy atom. The van der Waals surface area contributed by atoms with Gasteiger partial charge in [-0.05, 0) is 30.7 Å². The first-order chi connectivity index (χ1) is 9.43. The third-order valence-electron chi connectivity index (χ3n) is 2.50. The third-order valence-corrected chi connectivity index (χ3v) is 4.05. The highest BCUT2D eigenvalue weighted by Crippen LogP contribution is 2.20. The van der Waals surface area contributed by atoms with E-state index in [4.69, 9.17) is 5.73 Å². The minimum atomic E-state index is -0.702. The van der Waals surface area contributed by atoms with Gasteiger partial charge in [0.1, 0.15) is 6.04 Å². The van der Waals surface area contributed by atoms with Crippen LogP contribution in [0.15, 0.2) is 22.7 Å². The Labute approximate surface area is 130 Å². The minimum Gasteiger partial charge on any atom is -0.468 e. The molecule has 1 unspecified atom stereocenters. The zero-order chi connectivity index (χ0) is 15.1. The van der Waals surface area contributed by atoms with Crippen molar-refractivity contribution in [2.45, 2.75) is 13.0 Å². The molecule has 1 aromatic rings. The fourth-order valence-electron chi connectivity index (χ4n) is 1.45. The molecule has 0 radical (unpaired) electrons. The summed E-state index contributed by atoms with van der Waals surface area (Å²) in [5, 5.41) is 2.82. The molecule has 3 N–H and O–H groups in total. The molecule has 5 nitrogen and oxygen atoms in total. The SMILES string of the molecule is COC(=O)C(N)CSCC(=O)Nc1ccc(Br)cc1C. The maximum atomic E-state index is 11.8. The molecule has 0 spiro atoms. The fraction of sp³-hybridized carbons (Fsp3) is 0.385. The van der Waals surface area contributed by atoms with Crippen LogP contribution >= 0.6 is 27.7 Å². The van der Waals surface area contributed by atoms with Gasteiger partial charge in [-0.1, -0.05) is 15.9 Å². The molecule has 0 saturated carbocycles. The normalized spacial score (nSPS) is 11.8. The highest BCUT2D eigenvalue weighted by atomic mass is 79.9. The van der Waals surface area contributed by atoms with E-state index >= 15 is 0 Å². The van der Waals surface area contributed by atoms with Crippen LogP contribution in [0, 0.1) is 6.92 Å². The van der Waals surface area contributed by atoms with Crippen LogP contribution in [0.2, 0.25) is 0 Å². The summed E-state index contributed by atoms with van der Waals surface area (Å²) < 4.78 is 5.47. The first-order valence-electron chi connectivity index (χ1n) is 5.91. The lowest BCUT2D eigenvalue weighted by Gasteiger charge is -2.10. The van der Waals surface area contributed by atoms with Crippen LogP contribution in [0.3, 0.4) is 0 Å². The lowest BCUT2D eigenvalue weighted by molar-refractivity contribution is -0.141. The summed E-state index contributed by atoms with van der Waals surface area (Å²) in [5.41, 5.74) is 7.33. The van der Waals surface area contributed by atoms with Crippen molar-refractivity contribution in [2.24, 2.45) is 5.73 Å². The number of carbonyl (C=O) groups excluding carboxylic acids is 2. The second-order valence-corrected chi connectivity index (χ2v) is 6.10. The van der Waals surface area contributed by atoms with Crippen LogP contribution in [0.5, 0.6) is 0 Å². The van der Waals surface area contributed by atoms with Gasteiger partial charge in [0.05, 0.1) is 12.9 Å². The van der Waals surface area contributed by atoms with Crippen LogP contribution in [-0.2, 0) is 14.3 Å². The fourth-order valence-corrected chi connectivity index (χ4v) is 2.69. The Morgan fingerprint density at radius 3 is 2.80 bits per heavy atom. The average Bonchev–Trinajstić information content (AvgIpc) is 2.41. The number of thioether (sulfide) groups is 1. The standard InChI is InChI=1S/C13H17BrN2O3S/c1-8-5-9(14)3-4-11(8)16-12(17)7-20-6-10(15)13(18)19-2/h3-5,10H,6-7,15H2,1-2H3,(H,16,17). The predicted molar refractivity (Wildman–Crippen MR) is 84.8 cm³/mol. The van der Waals surface area contributed by atoms with Crippen molar-refractivity contribution < 1.29 is 14.3 Å². The molecule has 0 aliphatic heterocycles. The van der Waals surface area contributed by atoms with Gasteiger partial charge in [-0.15, -0.1) is 11.8 Å². The van der Waals surface area contributed by atoms with Gasteiger partial charge < -0.3 is 15.8 Å². The van der Waals surface area contributed by atoms with E-state index in [0.717, 1.165) is 15.7 Å². The monoisotopic (exact) mass is 360 g/mol. The summed E-state index contributed by atoms with van der Waals surface area (Å²) in [6.45, 7) is 1.92. The number of benzene rings is 1. The maximum absolute atomic E-state index is 11.8. The molecular formula is C13H17BrN2O3S. The largest absolute Gasteiger partial charge is 0.468 e. The van der Waals surface area contributed by atoms with Crippen molar-refractivity contribution >= 4 is 45.3 Å². The van der Waals surface area contributed by atoms with E-state index in [2.05, 4.69) is 26.0 Å². The summed E-state index contributed by atoms with van der Waals surface area (Å²) in [5.74, 6) is -0.0151. The molecule has 0 aromatic heterocycles.